The molecule has 72 valence electrons. The standard InChI is InChI=1S/C9H15N3O/c13-9-6-8(7-9)10-3-5-12-4-1-2-11-12/h1-2,4,8-10,13H,3,5-7H2. The first-order valence-electron chi connectivity index (χ1n) is 4.73. The van der Waals surface area contributed by atoms with Gasteiger partial charge in [-0.05, 0) is 18.9 Å². The lowest BCUT2D eigenvalue weighted by Crippen LogP contribution is -2.45. The molecule has 13 heavy (non-hydrogen) atoms. The molecule has 1 aliphatic rings. The minimum absolute atomic E-state index is 0.0674. The number of aromatic nitrogens is 2. The summed E-state index contributed by atoms with van der Waals surface area (Å²) in [6, 6.07) is 2.44. The van der Waals surface area contributed by atoms with E-state index in [1.54, 1.807) is 6.20 Å². The second-order valence-electron chi connectivity index (χ2n) is 3.55. The van der Waals surface area contributed by atoms with Gasteiger partial charge in [-0.15, -0.1) is 0 Å². The van der Waals surface area contributed by atoms with E-state index >= 15 is 0 Å². The predicted molar refractivity (Wildman–Crippen MR) is 49.3 cm³/mol. The van der Waals surface area contributed by atoms with Gasteiger partial charge in [-0.2, -0.15) is 5.10 Å². The fraction of sp³-hybridized carbons (Fsp3) is 0.667. The first-order valence-corrected chi connectivity index (χ1v) is 4.73. The van der Waals surface area contributed by atoms with Crippen molar-refractivity contribution in [1.82, 2.24) is 15.1 Å². The van der Waals surface area contributed by atoms with E-state index < -0.39 is 0 Å². The quantitative estimate of drug-likeness (QED) is 0.687. The molecule has 1 saturated carbocycles. The van der Waals surface area contributed by atoms with Gasteiger partial charge in [0.2, 0.25) is 0 Å². The molecule has 0 unspecified atom stereocenters. The minimum atomic E-state index is -0.0674. The van der Waals surface area contributed by atoms with Crippen LogP contribution >= 0.6 is 0 Å². The average molecular weight is 181 g/mol. The summed E-state index contributed by atoms with van der Waals surface area (Å²) in [5, 5.41) is 16.5. The summed E-state index contributed by atoms with van der Waals surface area (Å²) < 4.78 is 1.90. The van der Waals surface area contributed by atoms with Crippen LogP contribution in [0.25, 0.3) is 0 Å². The Morgan fingerprint density at radius 1 is 1.54 bits per heavy atom. The van der Waals surface area contributed by atoms with Gasteiger partial charge in [0.25, 0.3) is 0 Å². The molecule has 0 amide bonds. The molecular weight excluding hydrogens is 166 g/mol. The van der Waals surface area contributed by atoms with Crippen molar-refractivity contribution in [2.45, 2.75) is 31.5 Å². The topological polar surface area (TPSA) is 50.1 Å². The number of aliphatic hydroxyl groups is 1. The van der Waals surface area contributed by atoms with Crippen molar-refractivity contribution in [2.75, 3.05) is 6.54 Å². The highest BCUT2D eigenvalue weighted by Gasteiger charge is 2.25. The molecule has 1 heterocycles. The maximum atomic E-state index is 9.04. The molecule has 0 radical (unpaired) electrons. The minimum Gasteiger partial charge on any atom is -0.393 e. The molecule has 1 aliphatic carbocycles. The molecule has 2 N–H and O–H groups in total. The van der Waals surface area contributed by atoms with Crippen LogP contribution < -0.4 is 5.32 Å². The Bertz CT molecular complexity index is 241. The van der Waals surface area contributed by atoms with E-state index in [0.717, 1.165) is 25.9 Å². The Labute approximate surface area is 77.6 Å². The Hall–Kier alpha value is -0.870. The van der Waals surface area contributed by atoms with E-state index in [-0.39, 0.29) is 6.10 Å². The fourth-order valence-corrected chi connectivity index (χ4v) is 1.57. The number of hydrogen-bond donors (Lipinski definition) is 2. The van der Waals surface area contributed by atoms with Gasteiger partial charge in [0.1, 0.15) is 0 Å². The molecule has 1 aromatic rings. The summed E-state index contributed by atoms with van der Waals surface area (Å²) in [6.07, 6.45) is 5.48. The molecular formula is C9H15N3O. The SMILES string of the molecule is OC1CC(NCCn2cccn2)C1. The third-order valence-electron chi connectivity index (χ3n) is 2.45. The lowest BCUT2D eigenvalue weighted by atomic mass is 9.90. The highest BCUT2D eigenvalue weighted by atomic mass is 16.3. The van der Waals surface area contributed by atoms with Crippen LogP contribution in [0.4, 0.5) is 0 Å². The van der Waals surface area contributed by atoms with Crippen LogP contribution in [0.5, 0.6) is 0 Å². The van der Waals surface area contributed by atoms with E-state index in [1.807, 2.05) is 16.9 Å². The summed E-state index contributed by atoms with van der Waals surface area (Å²) >= 11 is 0. The van der Waals surface area contributed by atoms with Crippen molar-refractivity contribution in [2.24, 2.45) is 0 Å². The van der Waals surface area contributed by atoms with Gasteiger partial charge in [0, 0.05) is 25.0 Å². The van der Waals surface area contributed by atoms with Crippen molar-refractivity contribution < 1.29 is 5.11 Å². The molecule has 0 bridgehead atoms. The largest absolute Gasteiger partial charge is 0.393 e. The number of nitrogens with zero attached hydrogens (tertiary/aromatic N) is 2. The first kappa shape index (κ1) is 8.72. The van der Waals surface area contributed by atoms with Crippen LogP contribution in [-0.2, 0) is 6.54 Å². The normalized spacial score (nSPS) is 27.2. The zero-order valence-electron chi connectivity index (χ0n) is 7.56. The molecule has 2 rings (SSSR count). The summed E-state index contributed by atoms with van der Waals surface area (Å²) in [5.74, 6) is 0. The van der Waals surface area contributed by atoms with E-state index in [1.165, 1.54) is 0 Å². The van der Waals surface area contributed by atoms with Crippen LogP contribution in [0, 0.1) is 0 Å². The van der Waals surface area contributed by atoms with Gasteiger partial charge in [-0.25, -0.2) is 0 Å². The molecule has 0 spiro atoms. The van der Waals surface area contributed by atoms with Gasteiger partial charge in [0.05, 0.1) is 12.6 Å². The van der Waals surface area contributed by atoms with E-state index in [0.29, 0.717) is 6.04 Å². The molecule has 0 saturated heterocycles. The Morgan fingerprint density at radius 3 is 3.00 bits per heavy atom. The third-order valence-corrected chi connectivity index (χ3v) is 2.45. The summed E-state index contributed by atoms with van der Waals surface area (Å²) in [6.45, 7) is 1.83. The Morgan fingerprint density at radius 2 is 2.38 bits per heavy atom. The molecule has 1 fully saturated rings. The van der Waals surface area contributed by atoms with Gasteiger partial charge >= 0.3 is 0 Å². The van der Waals surface area contributed by atoms with Gasteiger partial charge in [-0.1, -0.05) is 0 Å². The van der Waals surface area contributed by atoms with Gasteiger partial charge in [0.15, 0.2) is 0 Å². The zero-order valence-corrected chi connectivity index (χ0v) is 7.56. The summed E-state index contributed by atoms with van der Waals surface area (Å²) in [5.41, 5.74) is 0. The molecule has 4 nitrogen and oxygen atoms in total. The third kappa shape index (κ3) is 2.29. The van der Waals surface area contributed by atoms with Crippen LogP contribution in [0.2, 0.25) is 0 Å². The van der Waals surface area contributed by atoms with Gasteiger partial charge in [-0.3, -0.25) is 4.68 Å². The fourth-order valence-electron chi connectivity index (χ4n) is 1.57. The molecule has 4 heteroatoms. The van der Waals surface area contributed by atoms with Crippen molar-refractivity contribution in [3.8, 4) is 0 Å². The zero-order chi connectivity index (χ0) is 9.10. The second kappa shape index (κ2) is 3.89. The van der Waals surface area contributed by atoms with Gasteiger partial charge < -0.3 is 10.4 Å². The molecule has 0 aromatic carbocycles. The van der Waals surface area contributed by atoms with Crippen LogP contribution in [0.3, 0.4) is 0 Å². The van der Waals surface area contributed by atoms with E-state index in [4.69, 9.17) is 5.11 Å². The lowest BCUT2D eigenvalue weighted by molar-refractivity contribution is 0.0623. The Balaban J connectivity index is 1.59. The summed E-state index contributed by atoms with van der Waals surface area (Å²) in [7, 11) is 0. The van der Waals surface area contributed by atoms with Crippen molar-refractivity contribution in [3.63, 3.8) is 0 Å². The highest BCUT2D eigenvalue weighted by molar-refractivity contribution is 4.84. The number of nitrogens with one attached hydrogen (secondary N) is 1. The Kier molecular flexibility index (Phi) is 2.61. The van der Waals surface area contributed by atoms with Crippen molar-refractivity contribution >= 4 is 0 Å². The average Bonchev–Trinajstić information content (AvgIpc) is 2.53. The summed E-state index contributed by atoms with van der Waals surface area (Å²) in [4.78, 5) is 0. The second-order valence-corrected chi connectivity index (χ2v) is 3.55. The van der Waals surface area contributed by atoms with Crippen molar-refractivity contribution in [1.29, 1.82) is 0 Å². The maximum Gasteiger partial charge on any atom is 0.0570 e. The molecule has 1 aromatic heterocycles. The molecule has 0 atom stereocenters. The van der Waals surface area contributed by atoms with Crippen LogP contribution in [0.15, 0.2) is 18.5 Å². The number of aliphatic hydroxyl groups excluding tert-OH is 1. The van der Waals surface area contributed by atoms with E-state index in [9.17, 15) is 0 Å². The smallest absolute Gasteiger partial charge is 0.0570 e. The van der Waals surface area contributed by atoms with Crippen LogP contribution in [-0.4, -0.2) is 33.6 Å². The van der Waals surface area contributed by atoms with Crippen molar-refractivity contribution in [3.05, 3.63) is 18.5 Å². The number of hydrogen-bond acceptors (Lipinski definition) is 3. The van der Waals surface area contributed by atoms with Crippen LogP contribution in [0.1, 0.15) is 12.8 Å². The monoisotopic (exact) mass is 181 g/mol. The highest BCUT2D eigenvalue weighted by Crippen LogP contribution is 2.18. The molecule has 0 aliphatic heterocycles. The predicted octanol–water partition coefficient (Wildman–Crippen LogP) is -0.00400. The maximum absolute atomic E-state index is 9.04. The first-order chi connectivity index (χ1) is 6.34. The lowest BCUT2D eigenvalue weighted by Gasteiger charge is -2.32. The number of rotatable bonds is 4. The van der Waals surface area contributed by atoms with E-state index in [2.05, 4.69) is 10.4 Å².